The van der Waals surface area contributed by atoms with Gasteiger partial charge in [0.25, 0.3) is 0 Å². The molecule has 1 N–H and O–H groups in total. The first-order chi connectivity index (χ1) is 7.02. The number of nitrogens with one attached hydrogen (secondary N) is 1. The Morgan fingerprint density at radius 2 is 2.19 bits per heavy atom. The van der Waals surface area contributed by atoms with Gasteiger partial charge in [0.1, 0.15) is 0 Å². The molecule has 0 aromatic rings. The number of carbonyl (C=O) groups is 1. The number of piperazine rings is 1. The van der Waals surface area contributed by atoms with Gasteiger partial charge in [0.15, 0.2) is 0 Å². The Morgan fingerprint density at radius 3 is 2.69 bits per heavy atom. The van der Waals surface area contributed by atoms with Crippen LogP contribution in [0.4, 0.5) is 0 Å². The average Bonchev–Trinajstić information content (AvgIpc) is 2.20. The molecule has 1 aliphatic heterocycles. The summed E-state index contributed by atoms with van der Waals surface area (Å²) in [7, 11) is 1.87. The van der Waals surface area contributed by atoms with Gasteiger partial charge in [-0.05, 0) is 20.8 Å². The van der Waals surface area contributed by atoms with Crippen molar-refractivity contribution >= 4 is 18.3 Å². The molecule has 0 aromatic heterocycles. The Kier molecular flexibility index (Phi) is 6.95. The molecule has 1 atom stereocenters. The fraction of sp³-hybridized carbons (Fsp3) is 0.909. The van der Waals surface area contributed by atoms with E-state index in [0.29, 0.717) is 12.6 Å². The Balaban J connectivity index is 0.00000225. The van der Waals surface area contributed by atoms with E-state index in [1.165, 1.54) is 0 Å². The SMILES string of the molecule is CC(C)N(C)C(=O)CN1CCNC[C@@H]1C.Cl. The van der Waals surface area contributed by atoms with Crippen molar-refractivity contribution in [2.45, 2.75) is 32.9 Å². The number of amides is 1. The summed E-state index contributed by atoms with van der Waals surface area (Å²) in [6.45, 7) is 9.74. The molecule has 96 valence electrons. The number of likely N-dealkylation sites (N-methyl/N-ethyl adjacent to an activating group) is 1. The zero-order valence-corrected chi connectivity index (χ0v) is 11.5. The number of rotatable bonds is 3. The molecular formula is C11H24ClN3O. The third kappa shape index (κ3) is 4.28. The number of halogens is 1. The quantitative estimate of drug-likeness (QED) is 0.795. The van der Waals surface area contributed by atoms with E-state index in [2.05, 4.69) is 17.1 Å². The van der Waals surface area contributed by atoms with E-state index in [4.69, 9.17) is 0 Å². The third-order valence-electron chi connectivity index (χ3n) is 3.15. The monoisotopic (exact) mass is 249 g/mol. The van der Waals surface area contributed by atoms with Gasteiger partial charge in [0.2, 0.25) is 5.91 Å². The van der Waals surface area contributed by atoms with Crippen LogP contribution in [-0.4, -0.2) is 61.0 Å². The molecule has 1 amide bonds. The number of hydrogen-bond acceptors (Lipinski definition) is 3. The van der Waals surface area contributed by atoms with Crippen molar-refractivity contribution in [1.82, 2.24) is 15.1 Å². The molecule has 1 rings (SSSR count). The van der Waals surface area contributed by atoms with Crippen molar-refractivity contribution in [2.24, 2.45) is 0 Å². The van der Waals surface area contributed by atoms with E-state index < -0.39 is 0 Å². The minimum absolute atomic E-state index is 0. The van der Waals surface area contributed by atoms with Crippen molar-refractivity contribution in [1.29, 1.82) is 0 Å². The molecular weight excluding hydrogens is 226 g/mol. The first kappa shape index (κ1) is 15.7. The molecule has 5 heteroatoms. The normalized spacial score (nSPS) is 21.7. The van der Waals surface area contributed by atoms with E-state index in [1.807, 2.05) is 25.8 Å². The van der Waals surface area contributed by atoms with Crippen LogP contribution in [0.3, 0.4) is 0 Å². The second-order valence-corrected chi connectivity index (χ2v) is 4.62. The van der Waals surface area contributed by atoms with E-state index in [9.17, 15) is 4.79 Å². The van der Waals surface area contributed by atoms with Crippen LogP contribution in [0.5, 0.6) is 0 Å². The second kappa shape index (κ2) is 7.09. The maximum absolute atomic E-state index is 11.9. The number of carbonyl (C=O) groups excluding carboxylic acids is 1. The van der Waals surface area contributed by atoms with Crippen LogP contribution in [0.2, 0.25) is 0 Å². The molecule has 0 unspecified atom stereocenters. The van der Waals surface area contributed by atoms with Crippen LogP contribution in [0.15, 0.2) is 0 Å². The predicted octanol–water partition coefficient (Wildman–Crippen LogP) is 0.569. The van der Waals surface area contributed by atoms with Gasteiger partial charge in [-0.15, -0.1) is 12.4 Å². The highest BCUT2D eigenvalue weighted by Gasteiger charge is 2.22. The summed E-state index contributed by atoms with van der Waals surface area (Å²) >= 11 is 0. The summed E-state index contributed by atoms with van der Waals surface area (Å²) in [6, 6.07) is 0.749. The van der Waals surface area contributed by atoms with Crippen molar-refractivity contribution in [3.05, 3.63) is 0 Å². The van der Waals surface area contributed by atoms with Crippen LogP contribution in [0.25, 0.3) is 0 Å². The van der Waals surface area contributed by atoms with E-state index in [-0.39, 0.29) is 24.4 Å². The van der Waals surface area contributed by atoms with Crippen LogP contribution in [0, 0.1) is 0 Å². The number of hydrogen-bond donors (Lipinski definition) is 1. The largest absolute Gasteiger partial charge is 0.342 e. The highest BCUT2D eigenvalue weighted by molar-refractivity contribution is 5.85. The maximum atomic E-state index is 11.9. The lowest BCUT2D eigenvalue weighted by molar-refractivity contribution is -0.133. The van der Waals surface area contributed by atoms with Crippen LogP contribution in [0.1, 0.15) is 20.8 Å². The Hall–Kier alpha value is -0.320. The van der Waals surface area contributed by atoms with Crippen LogP contribution in [-0.2, 0) is 4.79 Å². The fourth-order valence-electron chi connectivity index (χ4n) is 1.69. The molecule has 1 heterocycles. The molecule has 1 aliphatic rings. The van der Waals surface area contributed by atoms with Crippen molar-refractivity contribution in [3.63, 3.8) is 0 Å². The standard InChI is InChI=1S/C11H23N3O.ClH/c1-9(2)13(4)11(15)8-14-6-5-12-7-10(14)3;/h9-10,12H,5-8H2,1-4H3;1H/t10-;/m0./s1. The molecule has 1 fully saturated rings. The highest BCUT2D eigenvalue weighted by Crippen LogP contribution is 2.04. The summed E-state index contributed by atoms with van der Waals surface area (Å²) in [4.78, 5) is 15.9. The molecule has 0 aromatic carbocycles. The number of nitrogens with zero attached hydrogens (tertiary/aromatic N) is 2. The maximum Gasteiger partial charge on any atom is 0.236 e. The van der Waals surface area contributed by atoms with Gasteiger partial charge < -0.3 is 10.2 Å². The molecule has 0 radical (unpaired) electrons. The van der Waals surface area contributed by atoms with E-state index in [1.54, 1.807) is 0 Å². The lowest BCUT2D eigenvalue weighted by Crippen LogP contribution is -2.53. The van der Waals surface area contributed by atoms with E-state index >= 15 is 0 Å². The van der Waals surface area contributed by atoms with Gasteiger partial charge in [-0.1, -0.05) is 0 Å². The smallest absolute Gasteiger partial charge is 0.236 e. The Bertz CT molecular complexity index is 223. The topological polar surface area (TPSA) is 35.6 Å². The average molecular weight is 250 g/mol. The van der Waals surface area contributed by atoms with Gasteiger partial charge in [-0.3, -0.25) is 9.69 Å². The van der Waals surface area contributed by atoms with Crippen molar-refractivity contribution < 1.29 is 4.79 Å². The van der Waals surface area contributed by atoms with Crippen LogP contribution >= 0.6 is 12.4 Å². The van der Waals surface area contributed by atoms with Crippen LogP contribution < -0.4 is 5.32 Å². The summed E-state index contributed by atoms with van der Waals surface area (Å²) in [6.07, 6.45) is 0. The van der Waals surface area contributed by atoms with Gasteiger partial charge in [0, 0.05) is 38.8 Å². The van der Waals surface area contributed by atoms with Crippen molar-refractivity contribution in [3.8, 4) is 0 Å². The molecule has 0 spiro atoms. The summed E-state index contributed by atoms with van der Waals surface area (Å²) < 4.78 is 0. The van der Waals surface area contributed by atoms with Gasteiger partial charge >= 0.3 is 0 Å². The lowest BCUT2D eigenvalue weighted by Gasteiger charge is -2.34. The fourth-order valence-corrected chi connectivity index (χ4v) is 1.69. The molecule has 0 aliphatic carbocycles. The summed E-state index contributed by atoms with van der Waals surface area (Å²) in [5, 5.41) is 3.32. The summed E-state index contributed by atoms with van der Waals surface area (Å²) in [5.41, 5.74) is 0. The lowest BCUT2D eigenvalue weighted by atomic mass is 10.2. The molecule has 1 saturated heterocycles. The Labute approximate surface area is 105 Å². The van der Waals surface area contributed by atoms with Gasteiger partial charge in [-0.2, -0.15) is 0 Å². The molecule has 16 heavy (non-hydrogen) atoms. The second-order valence-electron chi connectivity index (χ2n) is 4.62. The molecule has 0 bridgehead atoms. The predicted molar refractivity (Wildman–Crippen MR) is 69.1 cm³/mol. The third-order valence-corrected chi connectivity index (χ3v) is 3.15. The minimum atomic E-state index is 0. The van der Waals surface area contributed by atoms with E-state index in [0.717, 1.165) is 19.6 Å². The van der Waals surface area contributed by atoms with Gasteiger partial charge in [0.05, 0.1) is 6.54 Å². The highest BCUT2D eigenvalue weighted by atomic mass is 35.5. The first-order valence-electron chi connectivity index (χ1n) is 5.72. The van der Waals surface area contributed by atoms with Gasteiger partial charge in [-0.25, -0.2) is 0 Å². The first-order valence-corrected chi connectivity index (χ1v) is 5.72. The minimum Gasteiger partial charge on any atom is -0.342 e. The Morgan fingerprint density at radius 1 is 1.56 bits per heavy atom. The molecule has 0 saturated carbocycles. The summed E-state index contributed by atoms with van der Waals surface area (Å²) in [5.74, 6) is 0.221. The zero-order valence-electron chi connectivity index (χ0n) is 10.7. The van der Waals surface area contributed by atoms with Crippen molar-refractivity contribution in [2.75, 3.05) is 33.2 Å². The molecule has 4 nitrogen and oxygen atoms in total. The zero-order chi connectivity index (χ0) is 11.4.